The maximum atomic E-state index is 5.75. The fraction of sp³-hybridized carbons (Fsp3) is 0.429. The van der Waals surface area contributed by atoms with E-state index in [1.54, 1.807) is 0 Å². The van der Waals surface area contributed by atoms with Crippen LogP contribution in [0.1, 0.15) is 0 Å². The van der Waals surface area contributed by atoms with Crippen molar-refractivity contribution in [3.05, 3.63) is 48.5 Å². The van der Waals surface area contributed by atoms with Crippen LogP contribution in [0.15, 0.2) is 48.5 Å². The smallest absolute Gasteiger partial charge is 0.161 e. The second-order valence-electron chi connectivity index (χ2n) is 5.83. The van der Waals surface area contributed by atoms with Crippen LogP contribution in [0.2, 0.25) is 0 Å². The highest BCUT2D eigenvalue weighted by Gasteiger charge is 2.06. The number of fused-ring (bicyclic) bond motifs is 2. The van der Waals surface area contributed by atoms with Gasteiger partial charge in [-0.15, -0.1) is 0 Å². The van der Waals surface area contributed by atoms with Crippen LogP contribution in [-0.2, 0) is 14.2 Å². The van der Waals surface area contributed by atoms with Crippen LogP contribution in [-0.4, -0.2) is 59.6 Å². The number of benzene rings is 2. The lowest BCUT2D eigenvalue weighted by atomic mass is 10.3. The van der Waals surface area contributed by atoms with Gasteiger partial charge in [0.2, 0.25) is 0 Å². The van der Waals surface area contributed by atoms with Gasteiger partial charge in [-0.05, 0) is 24.3 Å². The highest BCUT2D eigenvalue weighted by Crippen LogP contribution is 2.27. The van der Waals surface area contributed by atoms with E-state index in [0.717, 1.165) is 0 Å². The first-order valence-corrected chi connectivity index (χ1v) is 9.36. The highest BCUT2D eigenvalue weighted by molar-refractivity contribution is 5.40. The lowest BCUT2D eigenvalue weighted by Crippen LogP contribution is -2.15. The summed E-state index contributed by atoms with van der Waals surface area (Å²) in [7, 11) is 0. The molecule has 0 amide bonds. The van der Waals surface area contributed by atoms with E-state index in [9.17, 15) is 0 Å². The largest absolute Gasteiger partial charge is 0.487 e. The van der Waals surface area contributed by atoms with Gasteiger partial charge in [-0.25, -0.2) is 0 Å². The summed E-state index contributed by atoms with van der Waals surface area (Å²) >= 11 is 0. The number of ether oxygens (including phenoxy) is 7. The van der Waals surface area contributed by atoms with E-state index >= 15 is 0 Å². The van der Waals surface area contributed by atoms with Crippen molar-refractivity contribution in [2.45, 2.75) is 0 Å². The van der Waals surface area contributed by atoms with Gasteiger partial charge in [-0.3, -0.25) is 0 Å². The van der Waals surface area contributed by atoms with Crippen LogP contribution >= 0.6 is 0 Å². The maximum Gasteiger partial charge on any atom is 0.161 e. The fourth-order valence-electron chi connectivity index (χ4n) is 2.50. The van der Waals surface area contributed by atoms with Crippen LogP contribution in [0, 0.1) is 0 Å². The van der Waals surface area contributed by atoms with Gasteiger partial charge in [0, 0.05) is 0 Å². The first kappa shape index (κ1) is 20.3. The molecular formula is C21H26O7. The van der Waals surface area contributed by atoms with Gasteiger partial charge in [0.15, 0.2) is 23.0 Å². The molecule has 2 aromatic rings. The van der Waals surface area contributed by atoms with Gasteiger partial charge in [0.25, 0.3) is 0 Å². The molecule has 28 heavy (non-hydrogen) atoms. The van der Waals surface area contributed by atoms with Crippen molar-refractivity contribution in [3.63, 3.8) is 0 Å². The molecule has 3 rings (SSSR count). The van der Waals surface area contributed by atoms with Gasteiger partial charge >= 0.3 is 0 Å². The van der Waals surface area contributed by atoms with Crippen molar-refractivity contribution in [1.29, 1.82) is 0 Å². The number of hydrogen-bond donors (Lipinski definition) is 0. The Morgan fingerprint density at radius 2 is 0.714 bits per heavy atom. The van der Waals surface area contributed by atoms with Crippen LogP contribution < -0.4 is 18.9 Å². The zero-order chi connectivity index (χ0) is 19.3. The molecule has 0 spiro atoms. The van der Waals surface area contributed by atoms with E-state index in [0.29, 0.717) is 75.9 Å². The maximum absolute atomic E-state index is 5.75. The van der Waals surface area contributed by atoms with Crippen molar-refractivity contribution in [3.8, 4) is 23.0 Å². The van der Waals surface area contributed by atoms with Gasteiger partial charge in [0.05, 0.1) is 26.4 Å². The monoisotopic (exact) mass is 390 g/mol. The number of rotatable bonds is 0. The topological polar surface area (TPSA) is 64.6 Å². The van der Waals surface area contributed by atoms with Crippen LogP contribution in [0.3, 0.4) is 0 Å². The SMILES string of the molecule is c1ccc2c(c1)OCCOCCOc1ccccc1OCCOCOCCO2. The molecule has 0 saturated heterocycles. The first-order chi connectivity index (χ1) is 13.9. The van der Waals surface area contributed by atoms with Crippen LogP contribution in [0.25, 0.3) is 0 Å². The number of para-hydroxylation sites is 4. The van der Waals surface area contributed by atoms with Crippen molar-refractivity contribution in [2.75, 3.05) is 59.6 Å². The lowest BCUT2D eigenvalue weighted by molar-refractivity contribution is -0.0664. The molecule has 0 radical (unpaired) electrons. The molecular weight excluding hydrogens is 364 g/mol. The van der Waals surface area contributed by atoms with E-state index in [1.807, 2.05) is 48.5 Å². The van der Waals surface area contributed by atoms with Crippen LogP contribution in [0.5, 0.6) is 23.0 Å². The van der Waals surface area contributed by atoms with Gasteiger partial charge in [-0.1, -0.05) is 24.3 Å². The van der Waals surface area contributed by atoms with Gasteiger partial charge < -0.3 is 33.2 Å². The Bertz CT molecular complexity index is 634. The zero-order valence-electron chi connectivity index (χ0n) is 15.8. The summed E-state index contributed by atoms with van der Waals surface area (Å²) in [5.74, 6) is 2.71. The van der Waals surface area contributed by atoms with Crippen LogP contribution in [0.4, 0.5) is 0 Å². The second kappa shape index (κ2) is 12.1. The molecule has 0 saturated carbocycles. The minimum atomic E-state index is 0.181. The summed E-state index contributed by atoms with van der Waals surface area (Å²) in [5, 5.41) is 0. The average molecular weight is 390 g/mol. The second-order valence-corrected chi connectivity index (χ2v) is 5.83. The fourth-order valence-corrected chi connectivity index (χ4v) is 2.50. The predicted molar refractivity (Wildman–Crippen MR) is 102 cm³/mol. The summed E-state index contributed by atoms with van der Waals surface area (Å²) in [4.78, 5) is 0. The molecule has 1 aliphatic heterocycles. The minimum absolute atomic E-state index is 0.181. The molecule has 0 fully saturated rings. The Morgan fingerprint density at radius 3 is 1.07 bits per heavy atom. The summed E-state index contributed by atoms with van der Waals surface area (Å²) in [5.41, 5.74) is 0. The molecule has 152 valence electrons. The molecule has 0 unspecified atom stereocenters. The molecule has 0 aromatic heterocycles. The molecule has 0 aliphatic carbocycles. The number of hydrogen-bond acceptors (Lipinski definition) is 7. The summed E-state index contributed by atoms with van der Waals surface area (Å²) in [6.07, 6.45) is 0. The van der Waals surface area contributed by atoms with Gasteiger partial charge in [0.1, 0.15) is 33.2 Å². The minimum Gasteiger partial charge on any atom is -0.487 e. The Morgan fingerprint density at radius 1 is 0.393 bits per heavy atom. The Hall–Kier alpha value is -2.48. The summed E-state index contributed by atoms with van der Waals surface area (Å²) in [6, 6.07) is 15.1. The summed E-state index contributed by atoms with van der Waals surface area (Å²) in [6.45, 7) is 3.56. The predicted octanol–water partition coefficient (Wildman–Crippen LogP) is 2.92. The van der Waals surface area contributed by atoms with E-state index in [4.69, 9.17) is 33.2 Å². The first-order valence-electron chi connectivity index (χ1n) is 9.36. The zero-order valence-corrected chi connectivity index (χ0v) is 15.8. The third kappa shape index (κ3) is 6.92. The van der Waals surface area contributed by atoms with Crippen molar-refractivity contribution >= 4 is 0 Å². The van der Waals surface area contributed by atoms with E-state index in [2.05, 4.69) is 0 Å². The molecule has 0 N–H and O–H groups in total. The molecule has 7 nitrogen and oxygen atoms in total. The summed E-state index contributed by atoms with van der Waals surface area (Å²) < 4.78 is 39.3. The van der Waals surface area contributed by atoms with E-state index in [-0.39, 0.29) is 6.79 Å². The van der Waals surface area contributed by atoms with E-state index < -0.39 is 0 Å². The molecule has 1 heterocycles. The van der Waals surface area contributed by atoms with Crippen molar-refractivity contribution in [1.82, 2.24) is 0 Å². The molecule has 1 aliphatic rings. The van der Waals surface area contributed by atoms with Crippen molar-refractivity contribution in [2.24, 2.45) is 0 Å². The third-order valence-electron chi connectivity index (χ3n) is 3.81. The lowest BCUT2D eigenvalue weighted by Gasteiger charge is -2.15. The van der Waals surface area contributed by atoms with E-state index in [1.165, 1.54) is 0 Å². The normalized spacial score (nSPS) is 17.4. The molecule has 0 bridgehead atoms. The Balaban J connectivity index is 1.53. The molecule has 7 heteroatoms. The third-order valence-corrected chi connectivity index (χ3v) is 3.81. The standard InChI is InChI=1S/C21H26O7/c1-3-7-20-18(5-1)25-13-9-22-10-14-26-19-6-2-4-8-21(19)28-16-12-24-17-23-11-15-27-20/h1-8H,9-17H2. The Kier molecular flexibility index (Phi) is 8.73. The Labute approximate surface area is 165 Å². The highest BCUT2D eigenvalue weighted by atomic mass is 16.7. The van der Waals surface area contributed by atoms with Crippen molar-refractivity contribution < 1.29 is 33.2 Å². The molecule has 0 atom stereocenters. The molecule has 2 aromatic carbocycles. The average Bonchev–Trinajstić information content (AvgIpc) is 2.73. The van der Waals surface area contributed by atoms with Gasteiger partial charge in [-0.2, -0.15) is 0 Å². The quantitative estimate of drug-likeness (QED) is 0.685.